The normalized spacial score (nSPS) is 34.1. The van der Waals surface area contributed by atoms with Crippen molar-refractivity contribution in [3.05, 3.63) is 0 Å². The lowest BCUT2D eigenvalue weighted by Gasteiger charge is -2.35. The molecule has 66 valence electrons. The van der Waals surface area contributed by atoms with Crippen molar-refractivity contribution in [1.82, 2.24) is 10.2 Å². The van der Waals surface area contributed by atoms with E-state index in [1.807, 2.05) is 0 Å². The van der Waals surface area contributed by atoms with Gasteiger partial charge in [0.15, 0.2) is 0 Å². The van der Waals surface area contributed by atoms with E-state index < -0.39 is 0 Å². The third-order valence-electron chi connectivity index (χ3n) is 2.08. The minimum atomic E-state index is 0.616. The van der Waals surface area contributed by atoms with E-state index in [1.54, 1.807) is 0 Å². The Morgan fingerprint density at radius 3 is 2.36 bits per heavy atom. The van der Waals surface area contributed by atoms with E-state index in [9.17, 15) is 0 Å². The second kappa shape index (κ2) is 4.04. The Kier molecular flexibility index (Phi) is 3.30. The lowest BCUT2D eigenvalue weighted by molar-refractivity contribution is 0.178. The van der Waals surface area contributed by atoms with Crippen LogP contribution in [-0.2, 0) is 0 Å². The highest BCUT2D eigenvalue weighted by atomic mass is 15.2. The Labute approximate surface area is 68.9 Å². The first kappa shape index (κ1) is 8.97. The molecule has 11 heavy (non-hydrogen) atoms. The summed E-state index contributed by atoms with van der Waals surface area (Å²) in [7, 11) is 0. The molecule has 0 bridgehead atoms. The fraction of sp³-hybridized carbons (Fsp3) is 1.00. The molecule has 0 unspecified atom stereocenters. The van der Waals surface area contributed by atoms with Crippen molar-refractivity contribution in [1.29, 1.82) is 0 Å². The van der Waals surface area contributed by atoms with Crippen LogP contribution in [0.5, 0.6) is 0 Å². The summed E-state index contributed by atoms with van der Waals surface area (Å²) in [4.78, 5) is 2.42. The lowest BCUT2D eigenvalue weighted by atomic mass is 10.1. The topological polar surface area (TPSA) is 41.3 Å². The Hall–Kier alpha value is -0.120. The molecule has 1 fully saturated rings. The van der Waals surface area contributed by atoms with Crippen molar-refractivity contribution in [2.75, 3.05) is 26.2 Å². The van der Waals surface area contributed by atoms with Gasteiger partial charge in [0, 0.05) is 38.3 Å². The summed E-state index contributed by atoms with van der Waals surface area (Å²) in [6.07, 6.45) is 0. The minimum Gasteiger partial charge on any atom is -0.329 e. The van der Waals surface area contributed by atoms with E-state index in [1.165, 1.54) is 0 Å². The summed E-state index contributed by atoms with van der Waals surface area (Å²) >= 11 is 0. The molecule has 3 heteroatoms. The summed E-state index contributed by atoms with van der Waals surface area (Å²) < 4.78 is 0. The van der Waals surface area contributed by atoms with Crippen LogP contribution < -0.4 is 11.1 Å². The fourth-order valence-corrected chi connectivity index (χ4v) is 1.81. The molecule has 0 aromatic carbocycles. The van der Waals surface area contributed by atoms with Crippen molar-refractivity contribution in [3.8, 4) is 0 Å². The van der Waals surface area contributed by atoms with Gasteiger partial charge in [0.25, 0.3) is 0 Å². The van der Waals surface area contributed by atoms with Crippen molar-refractivity contribution in [3.63, 3.8) is 0 Å². The predicted octanol–water partition coefficient (Wildman–Crippen LogP) is -0.373. The predicted molar refractivity (Wildman–Crippen MR) is 47.6 cm³/mol. The summed E-state index contributed by atoms with van der Waals surface area (Å²) in [5.74, 6) is 0. The zero-order valence-electron chi connectivity index (χ0n) is 7.51. The number of rotatable bonds is 2. The molecule has 3 nitrogen and oxygen atoms in total. The first-order valence-electron chi connectivity index (χ1n) is 4.41. The molecule has 0 spiro atoms. The smallest absolute Gasteiger partial charge is 0.0169 e. The molecule has 3 N–H and O–H groups in total. The summed E-state index contributed by atoms with van der Waals surface area (Å²) in [5, 5.41) is 3.49. The van der Waals surface area contributed by atoms with Gasteiger partial charge < -0.3 is 11.1 Å². The van der Waals surface area contributed by atoms with Crippen molar-refractivity contribution in [2.24, 2.45) is 5.73 Å². The van der Waals surface area contributed by atoms with Crippen molar-refractivity contribution in [2.45, 2.75) is 25.9 Å². The minimum absolute atomic E-state index is 0.616. The molecule has 2 atom stereocenters. The van der Waals surface area contributed by atoms with Crippen LogP contribution in [0.3, 0.4) is 0 Å². The van der Waals surface area contributed by atoms with E-state index in [-0.39, 0.29) is 0 Å². The number of hydrogen-bond acceptors (Lipinski definition) is 3. The van der Waals surface area contributed by atoms with Gasteiger partial charge >= 0.3 is 0 Å². The lowest BCUT2D eigenvalue weighted by Crippen LogP contribution is -2.54. The second-order valence-corrected chi connectivity index (χ2v) is 3.52. The molecule has 0 aliphatic carbocycles. The van der Waals surface area contributed by atoms with Gasteiger partial charge in [0.1, 0.15) is 0 Å². The summed E-state index contributed by atoms with van der Waals surface area (Å²) in [6.45, 7) is 8.54. The number of nitrogens with zero attached hydrogens (tertiary/aromatic N) is 1. The fourth-order valence-electron chi connectivity index (χ4n) is 1.81. The number of nitrogens with one attached hydrogen (secondary N) is 1. The van der Waals surface area contributed by atoms with E-state index in [2.05, 4.69) is 24.1 Å². The van der Waals surface area contributed by atoms with Gasteiger partial charge in [-0.25, -0.2) is 0 Å². The maximum Gasteiger partial charge on any atom is 0.0169 e. The highest BCUT2D eigenvalue weighted by molar-refractivity contribution is 4.80. The summed E-state index contributed by atoms with van der Waals surface area (Å²) in [6, 6.07) is 1.23. The molecule has 0 aromatic rings. The SMILES string of the molecule is C[C@@H]1CN(CCN)C[C@@H](C)N1. The van der Waals surface area contributed by atoms with Gasteiger partial charge in [-0.05, 0) is 13.8 Å². The van der Waals surface area contributed by atoms with Gasteiger partial charge in [0.05, 0.1) is 0 Å². The monoisotopic (exact) mass is 157 g/mol. The first-order valence-corrected chi connectivity index (χ1v) is 4.41. The second-order valence-electron chi connectivity index (χ2n) is 3.52. The van der Waals surface area contributed by atoms with Crippen molar-refractivity contribution < 1.29 is 0 Å². The van der Waals surface area contributed by atoms with Crippen LogP contribution in [-0.4, -0.2) is 43.2 Å². The van der Waals surface area contributed by atoms with Crippen LogP contribution in [0.2, 0.25) is 0 Å². The molecular weight excluding hydrogens is 138 g/mol. The Balaban J connectivity index is 2.30. The largest absolute Gasteiger partial charge is 0.329 e. The van der Waals surface area contributed by atoms with Gasteiger partial charge in [-0.3, -0.25) is 4.90 Å². The Morgan fingerprint density at radius 1 is 1.36 bits per heavy atom. The molecule has 1 heterocycles. The molecule has 0 aromatic heterocycles. The molecule has 1 rings (SSSR count). The number of hydrogen-bond donors (Lipinski definition) is 2. The first-order chi connectivity index (χ1) is 5.22. The standard InChI is InChI=1S/C8H19N3/c1-7-5-11(4-3-9)6-8(2)10-7/h7-8,10H,3-6,9H2,1-2H3/t7-,8-/m1/s1. The van der Waals surface area contributed by atoms with Gasteiger partial charge in [0.2, 0.25) is 0 Å². The quantitative estimate of drug-likeness (QED) is 0.574. The van der Waals surface area contributed by atoms with Crippen LogP contribution in [0, 0.1) is 0 Å². The molecule has 1 saturated heterocycles. The van der Waals surface area contributed by atoms with Crippen LogP contribution in [0.4, 0.5) is 0 Å². The zero-order chi connectivity index (χ0) is 8.27. The average Bonchev–Trinajstić information content (AvgIpc) is 1.85. The molecule has 0 radical (unpaired) electrons. The van der Waals surface area contributed by atoms with Crippen LogP contribution in [0.15, 0.2) is 0 Å². The molecule has 1 aliphatic rings. The van der Waals surface area contributed by atoms with Gasteiger partial charge in [-0.2, -0.15) is 0 Å². The Morgan fingerprint density at radius 2 is 1.91 bits per heavy atom. The number of nitrogens with two attached hydrogens (primary N) is 1. The van der Waals surface area contributed by atoms with Crippen molar-refractivity contribution >= 4 is 0 Å². The molecule has 1 aliphatic heterocycles. The van der Waals surface area contributed by atoms with E-state index in [0.717, 1.165) is 26.2 Å². The molecule has 0 amide bonds. The van der Waals surface area contributed by atoms with Gasteiger partial charge in [-0.1, -0.05) is 0 Å². The third kappa shape index (κ3) is 2.77. The third-order valence-corrected chi connectivity index (χ3v) is 2.08. The number of piperazine rings is 1. The summed E-state index contributed by atoms with van der Waals surface area (Å²) in [5.41, 5.74) is 5.49. The highest BCUT2D eigenvalue weighted by Crippen LogP contribution is 2.02. The maximum absolute atomic E-state index is 5.49. The van der Waals surface area contributed by atoms with Crippen LogP contribution >= 0.6 is 0 Å². The zero-order valence-corrected chi connectivity index (χ0v) is 7.51. The van der Waals surface area contributed by atoms with E-state index >= 15 is 0 Å². The average molecular weight is 157 g/mol. The Bertz CT molecular complexity index is 106. The van der Waals surface area contributed by atoms with E-state index in [0.29, 0.717) is 12.1 Å². The highest BCUT2D eigenvalue weighted by Gasteiger charge is 2.19. The van der Waals surface area contributed by atoms with Gasteiger partial charge in [-0.15, -0.1) is 0 Å². The van der Waals surface area contributed by atoms with Crippen LogP contribution in [0.25, 0.3) is 0 Å². The molecular formula is C8H19N3. The van der Waals surface area contributed by atoms with Crippen LogP contribution in [0.1, 0.15) is 13.8 Å². The van der Waals surface area contributed by atoms with E-state index in [4.69, 9.17) is 5.73 Å². The molecule has 0 saturated carbocycles. The maximum atomic E-state index is 5.49.